The zero-order valence-corrected chi connectivity index (χ0v) is 28.6. The monoisotopic (exact) mass is 690 g/mol. The molecule has 0 saturated carbocycles. The summed E-state index contributed by atoms with van der Waals surface area (Å²) < 4.78 is 49.1. The van der Waals surface area contributed by atoms with Crippen LogP contribution >= 0.6 is 0 Å². The number of amides is 2. The van der Waals surface area contributed by atoms with Crippen LogP contribution in [-0.2, 0) is 14.8 Å². The Hall–Kier alpha value is -4.34. The van der Waals surface area contributed by atoms with Gasteiger partial charge < -0.3 is 15.5 Å². The molecule has 14 heteroatoms. The minimum absolute atomic E-state index is 0.0468. The fraction of sp³-hybridized carbons (Fsp3) is 0.371. The van der Waals surface area contributed by atoms with Crippen LogP contribution in [0.3, 0.4) is 0 Å². The van der Waals surface area contributed by atoms with Crippen LogP contribution in [0.4, 0.5) is 26.2 Å². The van der Waals surface area contributed by atoms with E-state index in [0.717, 1.165) is 54.4 Å². The molecule has 12 nitrogen and oxygen atoms in total. The molecule has 0 radical (unpaired) electrons. The van der Waals surface area contributed by atoms with E-state index in [1.807, 2.05) is 48.9 Å². The molecule has 6 rings (SSSR count). The summed E-state index contributed by atoms with van der Waals surface area (Å²) in [5.41, 5.74) is 8.21. The number of halogens is 1. The fourth-order valence-corrected chi connectivity index (χ4v) is 7.28. The van der Waals surface area contributed by atoms with Crippen LogP contribution in [0.25, 0.3) is 5.69 Å². The molecule has 0 aliphatic carbocycles. The Morgan fingerprint density at radius 3 is 2.29 bits per heavy atom. The minimum atomic E-state index is -3.64. The summed E-state index contributed by atoms with van der Waals surface area (Å²) in [6, 6.07) is 21.7. The number of sulfonamides is 1. The number of urea groups is 1. The van der Waals surface area contributed by atoms with Gasteiger partial charge in [-0.1, -0.05) is 18.2 Å². The van der Waals surface area contributed by atoms with Gasteiger partial charge in [0.1, 0.15) is 5.82 Å². The van der Waals surface area contributed by atoms with Gasteiger partial charge in [0, 0.05) is 56.7 Å². The van der Waals surface area contributed by atoms with Crippen molar-refractivity contribution in [3.05, 3.63) is 96.1 Å². The number of rotatable bonds is 11. The number of anilines is 3. The van der Waals surface area contributed by atoms with Crippen LogP contribution in [0.1, 0.15) is 24.2 Å². The summed E-state index contributed by atoms with van der Waals surface area (Å²) in [4.78, 5) is 17.7. The molecule has 2 aliphatic rings. The van der Waals surface area contributed by atoms with E-state index in [4.69, 9.17) is 9.84 Å². The van der Waals surface area contributed by atoms with Gasteiger partial charge in [0.05, 0.1) is 40.9 Å². The summed E-state index contributed by atoms with van der Waals surface area (Å²) >= 11 is 0. The zero-order valence-electron chi connectivity index (χ0n) is 27.8. The topological polar surface area (TPSA) is 124 Å². The quantitative estimate of drug-likeness (QED) is 0.206. The van der Waals surface area contributed by atoms with Crippen LogP contribution in [0, 0.1) is 19.7 Å². The van der Waals surface area contributed by atoms with E-state index in [-0.39, 0.29) is 22.8 Å². The number of carbonyl (C=O) groups is 1. The van der Waals surface area contributed by atoms with Gasteiger partial charge in [-0.05, 0) is 87.4 Å². The van der Waals surface area contributed by atoms with Gasteiger partial charge in [-0.15, -0.1) is 0 Å². The lowest BCUT2D eigenvalue weighted by Gasteiger charge is -2.38. The van der Waals surface area contributed by atoms with E-state index >= 15 is 0 Å². The largest absolute Gasteiger partial charge is 0.379 e. The molecule has 49 heavy (non-hydrogen) atoms. The first kappa shape index (κ1) is 34.5. The minimum Gasteiger partial charge on any atom is -0.379 e. The highest BCUT2D eigenvalue weighted by Crippen LogP contribution is 2.28. The highest BCUT2D eigenvalue weighted by molar-refractivity contribution is 7.89. The Kier molecular flexibility index (Phi) is 10.9. The number of hydrazine groups is 1. The maximum Gasteiger partial charge on any atom is 0.326 e. The second-order valence-corrected chi connectivity index (χ2v) is 14.0. The smallest absolute Gasteiger partial charge is 0.326 e. The van der Waals surface area contributed by atoms with Gasteiger partial charge in [0.25, 0.3) is 0 Å². The van der Waals surface area contributed by atoms with E-state index in [9.17, 15) is 17.6 Å². The van der Waals surface area contributed by atoms with Crippen LogP contribution in [-0.4, -0.2) is 92.7 Å². The molecule has 4 aromatic rings. The van der Waals surface area contributed by atoms with Crippen molar-refractivity contribution in [1.82, 2.24) is 24.4 Å². The molecule has 260 valence electrons. The number of ether oxygens (including phenoxy) is 1. The number of carbonyl (C=O) groups excluding carboxylic acids is 1. The average Bonchev–Trinajstić information content (AvgIpc) is 3.39. The van der Waals surface area contributed by atoms with E-state index in [0.29, 0.717) is 45.1 Å². The van der Waals surface area contributed by atoms with Crippen molar-refractivity contribution < 1.29 is 22.3 Å². The average molecular weight is 691 g/mol. The molecule has 2 fully saturated rings. The maximum absolute atomic E-state index is 13.5. The van der Waals surface area contributed by atoms with Crippen molar-refractivity contribution in [2.75, 3.05) is 68.1 Å². The van der Waals surface area contributed by atoms with Gasteiger partial charge in [-0.25, -0.2) is 32.0 Å². The molecule has 2 amide bonds. The second-order valence-electron chi connectivity index (χ2n) is 12.3. The molecular weight excluding hydrogens is 648 g/mol. The lowest BCUT2D eigenvalue weighted by Crippen LogP contribution is -2.50. The lowest BCUT2D eigenvalue weighted by molar-refractivity contribution is 0.0390. The highest BCUT2D eigenvalue weighted by Gasteiger charge is 2.30. The van der Waals surface area contributed by atoms with Crippen LogP contribution in [0.15, 0.2) is 83.8 Å². The molecule has 0 atom stereocenters. The third-order valence-corrected chi connectivity index (χ3v) is 10.4. The number of aromatic nitrogens is 2. The number of morpholine rings is 1. The normalized spacial score (nSPS) is 16.4. The Labute approximate surface area is 286 Å². The first-order valence-corrected chi connectivity index (χ1v) is 18.0. The molecule has 1 aromatic heterocycles. The number of para-hydroxylation sites is 1. The maximum atomic E-state index is 13.5. The van der Waals surface area contributed by atoms with Crippen molar-refractivity contribution in [3.63, 3.8) is 0 Å². The molecule has 0 spiro atoms. The standard InChI is InChI=1S/C35H43FN8O4S/c1-26-34(27(2)44(39-26)32-12-14-33(15-13-32)49(46,47)37-18-21-41-22-24-48-25-23-41)40-42-19-16-31(17-20-42)43(30-6-4-3-5-7-30)35(45)38-29-10-8-28(36)9-11-29/h3-15,31,37,40H,16-25H2,1-2H3,(H,38,45). The molecule has 3 aromatic carbocycles. The van der Waals surface area contributed by atoms with Crippen molar-refractivity contribution in [1.29, 1.82) is 0 Å². The first-order chi connectivity index (χ1) is 23.7. The summed E-state index contributed by atoms with van der Waals surface area (Å²) in [7, 11) is -3.64. The molecule has 0 unspecified atom stereocenters. The summed E-state index contributed by atoms with van der Waals surface area (Å²) in [6.45, 7) is 9.21. The number of nitrogens with one attached hydrogen (secondary N) is 3. The van der Waals surface area contributed by atoms with Gasteiger partial charge in [0.15, 0.2) is 0 Å². The Morgan fingerprint density at radius 2 is 1.61 bits per heavy atom. The van der Waals surface area contributed by atoms with E-state index in [2.05, 4.69) is 25.4 Å². The lowest BCUT2D eigenvalue weighted by atomic mass is 10.0. The van der Waals surface area contributed by atoms with E-state index < -0.39 is 10.0 Å². The zero-order chi connectivity index (χ0) is 34.4. The molecule has 3 N–H and O–H groups in total. The van der Waals surface area contributed by atoms with Crippen LogP contribution in [0.2, 0.25) is 0 Å². The molecule has 2 aliphatic heterocycles. The molecule has 0 bridgehead atoms. The molecular formula is C35H43FN8O4S. The third-order valence-electron chi connectivity index (χ3n) is 8.95. The van der Waals surface area contributed by atoms with Crippen LogP contribution < -0.4 is 20.4 Å². The van der Waals surface area contributed by atoms with E-state index in [1.54, 1.807) is 41.3 Å². The summed E-state index contributed by atoms with van der Waals surface area (Å²) in [5, 5.41) is 9.81. The van der Waals surface area contributed by atoms with Crippen molar-refractivity contribution in [2.24, 2.45) is 0 Å². The molecule has 3 heterocycles. The Bertz CT molecular complexity index is 1810. The fourth-order valence-electron chi connectivity index (χ4n) is 6.26. The summed E-state index contributed by atoms with van der Waals surface area (Å²) in [6.07, 6.45) is 1.45. The number of hydrogen-bond donors (Lipinski definition) is 3. The predicted molar refractivity (Wildman–Crippen MR) is 188 cm³/mol. The van der Waals surface area contributed by atoms with Gasteiger partial charge in [0.2, 0.25) is 10.0 Å². The Balaban J connectivity index is 1.07. The van der Waals surface area contributed by atoms with Crippen LogP contribution in [0.5, 0.6) is 0 Å². The number of benzene rings is 3. The third kappa shape index (κ3) is 8.46. The highest BCUT2D eigenvalue weighted by atomic mass is 32.2. The predicted octanol–water partition coefficient (Wildman–Crippen LogP) is 4.77. The van der Waals surface area contributed by atoms with Crippen molar-refractivity contribution >= 4 is 33.1 Å². The first-order valence-electron chi connectivity index (χ1n) is 16.6. The SMILES string of the molecule is Cc1nn(-c2ccc(S(=O)(=O)NCCN3CCOCC3)cc2)c(C)c1NN1CCC(N(C(=O)Nc2ccc(F)cc2)c2ccccc2)CC1. The number of nitrogens with zero attached hydrogens (tertiary/aromatic N) is 5. The summed E-state index contributed by atoms with van der Waals surface area (Å²) in [5.74, 6) is -0.360. The second kappa shape index (κ2) is 15.5. The van der Waals surface area contributed by atoms with Gasteiger partial charge in [-0.2, -0.15) is 5.10 Å². The van der Waals surface area contributed by atoms with Crippen molar-refractivity contribution in [3.8, 4) is 5.69 Å². The number of piperidine rings is 1. The number of hydrogen-bond acceptors (Lipinski definition) is 8. The van der Waals surface area contributed by atoms with Crippen molar-refractivity contribution in [2.45, 2.75) is 37.6 Å². The van der Waals surface area contributed by atoms with E-state index in [1.165, 1.54) is 12.1 Å². The number of aryl methyl sites for hydroxylation is 1. The van der Waals surface area contributed by atoms with Gasteiger partial charge in [-0.3, -0.25) is 9.80 Å². The Morgan fingerprint density at radius 1 is 0.939 bits per heavy atom. The van der Waals surface area contributed by atoms with Gasteiger partial charge >= 0.3 is 6.03 Å². The molecule has 2 saturated heterocycles.